The molecule has 152 valence electrons. The van der Waals surface area contributed by atoms with Crippen LogP contribution in [-0.4, -0.2) is 42.2 Å². The number of carbonyl (C=O) groups is 1. The molecule has 1 atom stereocenters. The zero-order valence-corrected chi connectivity index (χ0v) is 17.0. The van der Waals surface area contributed by atoms with Crippen molar-refractivity contribution in [3.63, 3.8) is 0 Å². The first kappa shape index (κ1) is 21.6. The van der Waals surface area contributed by atoms with Gasteiger partial charge in [0.1, 0.15) is 5.75 Å². The standard InChI is InChI=1S/C19H24N2O6S/c1-13-11-14(5-6-16(13)27-3)15-7-9-21(17(22)12-15)10-8-19(2,18(23)20-24)28(4,25)26/h5-7,9,11-12,24H,8,10H2,1-4H3,(H,20,23). The fourth-order valence-corrected chi connectivity index (χ4v) is 3.69. The largest absolute Gasteiger partial charge is 0.496 e. The Balaban J connectivity index is 2.29. The average molecular weight is 408 g/mol. The first-order valence-corrected chi connectivity index (χ1v) is 10.4. The maximum absolute atomic E-state index is 12.5. The van der Waals surface area contributed by atoms with Gasteiger partial charge in [-0.25, -0.2) is 13.9 Å². The fraction of sp³-hybridized carbons (Fsp3) is 0.368. The lowest BCUT2D eigenvalue weighted by atomic mass is 10.0. The minimum absolute atomic E-state index is 0.00224. The summed E-state index contributed by atoms with van der Waals surface area (Å²) in [6.07, 6.45) is 2.30. The van der Waals surface area contributed by atoms with E-state index in [1.54, 1.807) is 19.4 Å². The summed E-state index contributed by atoms with van der Waals surface area (Å²) in [5, 5.41) is 8.87. The van der Waals surface area contributed by atoms with Crippen molar-refractivity contribution in [3.8, 4) is 16.9 Å². The number of hydrogen-bond donors (Lipinski definition) is 2. The van der Waals surface area contributed by atoms with Gasteiger partial charge in [-0.3, -0.25) is 14.8 Å². The number of methoxy groups -OCH3 is 1. The molecule has 2 rings (SSSR count). The molecule has 0 aliphatic rings. The SMILES string of the molecule is COc1ccc(-c2ccn(CCC(C)(C(=O)NO)S(C)(=O)=O)c(=O)c2)cc1C. The van der Waals surface area contributed by atoms with Crippen molar-refractivity contribution in [1.29, 1.82) is 0 Å². The lowest BCUT2D eigenvalue weighted by Crippen LogP contribution is -2.49. The highest BCUT2D eigenvalue weighted by Gasteiger charge is 2.43. The van der Waals surface area contributed by atoms with Crippen LogP contribution in [0.3, 0.4) is 0 Å². The zero-order chi connectivity index (χ0) is 21.1. The Bertz CT molecular complexity index is 1040. The zero-order valence-electron chi connectivity index (χ0n) is 16.2. The Kier molecular flexibility index (Phi) is 6.30. The summed E-state index contributed by atoms with van der Waals surface area (Å²) >= 11 is 0. The molecule has 0 aliphatic carbocycles. The predicted octanol–water partition coefficient (Wildman–Crippen LogP) is 1.53. The molecule has 0 spiro atoms. The second-order valence-corrected chi connectivity index (χ2v) is 9.27. The number of aryl methyl sites for hydroxylation is 2. The van der Waals surface area contributed by atoms with E-state index in [2.05, 4.69) is 0 Å². The third kappa shape index (κ3) is 4.26. The van der Waals surface area contributed by atoms with Gasteiger partial charge in [0.05, 0.1) is 7.11 Å². The Morgan fingerprint density at radius 3 is 2.39 bits per heavy atom. The number of aromatic nitrogens is 1. The van der Waals surface area contributed by atoms with Gasteiger partial charge in [-0.15, -0.1) is 0 Å². The van der Waals surface area contributed by atoms with E-state index in [1.807, 2.05) is 25.1 Å². The molecule has 0 radical (unpaired) electrons. The topological polar surface area (TPSA) is 115 Å². The quantitative estimate of drug-likeness (QED) is 0.530. The van der Waals surface area contributed by atoms with Gasteiger partial charge < -0.3 is 9.30 Å². The summed E-state index contributed by atoms with van der Waals surface area (Å²) in [5.41, 5.74) is 3.56. The molecular weight excluding hydrogens is 384 g/mol. The highest BCUT2D eigenvalue weighted by Crippen LogP contribution is 2.26. The Morgan fingerprint density at radius 1 is 1.25 bits per heavy atom. The third-order valence-electron chi connectivity index (χ3n) is 4.95. The van der Waals surface area contributed by atoms with Crippen LogP contribution in [0.25, 0.3) is 11.1 Å². The number of rotatable bonds is 7. The second kappa shape index (κ2) is 8.15. The van der Waals surface area contributed by atoms with Gasteiger partial charge in [0, 0.05) is 25.1 Å². The summed E-state index contributed by atoms with van der Waals surface area (Å²) < 4.78 is 28.7. The van der Waals surface area contributed by atoms with E-state index >= 15 is 0 Å². The van der Waals surface area contributed by atoms with Crippen LogP contribution in [0.1, 0.15) is 18.9 Å². The van der Waals surface area contributed by atoms with E-state index in [-0.39, 0.29) is 18.5 Å². The van der Waals surface area contributed by atoms with Crippen LogP contribution in [0, 0.1) is 6.92 Å². The predicted molar refractivity (Wildman–Crippen MR) is 105 cm³/mol. The van der Waals surface area contributed by atoms with Crippen molar-refractivity contribution >= 4 is 15.7 Å². The number of ether oxygens (including phenoxy) is 1. The summed E-state index contributed by atoms with van der Waals surface area (Å²) in [5.74, 6) is -0.285. The number of hydroxylamine groups is 1. The molecule has 2 N–H and O–H groups in total. The molecule has 2 aromatic rings. The molecule has 9 heteroatoms. The maximum Gasteiger partial charge on any atom is 0.264 e. The van der Waals surface area contributed by atoms with Gasteiger partial charge >= 0.3 is 0 Å². The van der Waals surface area contributed by atoms with Gasteiger partial charge in [0.2, 0.25) is 0 Å². The van der Waals surface area contributed by atoms with Gasteiger partial charge in [-0.2, -0.15) is 0 Å². The monoisotopic (exact) mass is 408 g/mol. The summed E-state index contributed by atoms with van der Waals surface area (Å²) in [6.45, 7) is 3.12. The van der Waals surface area contributed by atoms with E-state index in [4.69, 9.17) is 9.94 Å². The third-order valence-corrected chi connectivity index (χ3v) is 6.98. The van der Waals surface area contributed by atoms with E-state index in [0.29, 0.717) is 5.56 Å². The number of amides is 1. The molecule has 0 fully saturated rings. The Morgan fingerprint density at radius 2 is 1.89 bits per heavy atom. The normalized spacial score (nSPS) is 13.6. The number of sulfone groups is 1. The molecule has 1 amide bonds. The number of hydrogen-bond acceptors (Lipinski definition) is 6. The number of nitrogens with zero attached hydrogens (tertiary/aromatic N) is 1. The summed E-state index contributed by atoms with van der Waals surface area (Å²) in [4.78, 5) is 24.3. The molecule has 0 aliphatic heterocycles. The minimum atomic E-state index is -3.82. The Labute approximate surface area is 163 Å². The van der Waals surface area contributed by atoms with E-state index in [0.717, 1.165) is 23.1 Å². The van der Waals surface area contributed by atoms with Crippen molar-refractivity contribution in [1.82, 2.24) is 10.0 Å². The number of nitrogens with one attached hydrogen (secondary N) is 1. The van der Waals surface area contributed by atoms with Crippen molar-refractivity contribution in [2.75, 3.05) is 13.4 Å². The molecule has 0 saturated carbocycles. The van der Waals surface area contributed by atoms with E-state index < -0.39 is 20.5 Å². The molecule has 1 aromatic heterocycles. The first-order chi connectivity index (χ1) is 13.0. The van der Waals surface area contributed by atoms with E-state index in [1.165, 1.54) is 23.0 Å². The van der Waals surface area contributed by atoms with Crippen LogP contribution in [0.15, 0.2) is 41.3 Å². The van der Waals surface area contributed by atoms with E-state index in [9.17, 15) is 18.0 Å². The van der Waals surface area contributed by atoms with Crippen LogP contribution in [0.4, 0.5) is 0 Å². The minimum Gasteiger partial charge on any atom is -0.496 e. The number of carbonyl (C=O) groups excluding carboxylic acids is 1. The fourth-order valence-electron chi connectivity index (χ4n) is 2.85. The van der Waals surface area contributed by atoms with Crippen LogP contribution >= 0.6 is 0 Å². The average Bonchev–Trinajstić information content (AvgIpc) is 2.65. The highest BCUT2D eigenvalue weighted by molar-refractivity contribution is 7.92. The molecule has 1 heterocycles. The molecule has 0 bridgehead atoms. The highest BCUT2D eigenvalue weighted by atomic mass is 32.2. The molecule has 0 saturated heterocycles. The van der Waals surface area contributed by atoms with Crippen molar-refractivity contribution in [3.05, 3.63) is 52.4 Å². The van der Waals surface area contributed by atoms with Crippen LogP contribution in [0.2, 0.25) is 0 Å². The van der Waals surface area contributed by atoms with Gasteiger partial charge in [0.25, 0.3) is 11.5 Å². The van der Waals surface area contributed by atoms with Crippen LogP contribution in [-0.2, 0) is 21.2 Å². The molecule has 8 nitrogen and oxygen atoms in total. The summed E-state index contributed by atoms with van der Waals surface area (Å²) in [7, 11) is -2.23. The lowest BCUT2D eigenvalue weighted by Gasteiger charge is -2.25. The Hall–Kier alpha value is -2.65. The number of benzene rings is 1. The van der Waals surface area contributed by atoms with Gasteiger partial charge in [-0.05, 0) is 55.2 Å². The smallest absolute Gasteiger partial charge is 0.264 e. The first-order valence-electron chi connectivity index (χ1n) is 8.53. The van der Waals surface area contributed by atoms with Crippen LogP contribution < -0.4 is 15.8 Å². The molecule has 1 unspecified atom stereocenters. The molecule has 1 aromatic carbocycles. The number of pyridine rings is 1. The van der Waals surface area contributed by atoms with Gasteiger partial charge in [-0.1, -0.05) is 6.07 Å². The van der Waals surface area contributed by atoms with Crippen molar-refractivity contribution in [2.24, 2.45) is 0 Å². The maximum atomic E-state index is 12.5. The van der Waals surface area contributed by atoms with Crippen molar-refractivity contribution in [2.45, 2.75) is 31.6 Å². The second-order valence-electron chi connectivity index (χ2n) is 6.83. The van der Waals surface area contributed by atoms with Crippen LogP contribution in [0.5, 0.6) is 5.75 Å². The summed E-state index contributed by atoms with van der Waals surface area (Å²) in [6, 6.07) is 8.76. The lowest BCUT2D eigenvalue weighted by molar-refractivity contribution is -0.131. The molecule has 28 heavy (non-hydrogen) atoms. The van der Waals surface area contributed by atoms with Gasteiger partial charge in [0.15, 0.2) is 14.6 Å². The molecular formula is C19H24N2O6S. The van der Waals surface area contributed by atoms with Crippen molar-refractivity contribution < 1.29 is 23.2 Å².